The molecule has 3 N–H and O–H groups in total. The highest BCUT2D eigenvalue weighted by atomic mass is 16.5. The first-order valence-corrected chi connectivity index (χ1v) is 6.08. The molecule has 0 atom stereocenters. The molecule has 0 saturated heterocycles. The van der Waals surface area contributed by atoms with Crippen LogP contribution >= 0.6 is 0 Å². The van der Waals surface area contributed by atoms with Gasteiger partial charge in [0.15, 0.2) is 18.1 Å². The van der Waals surface area contributed by atoms with Crippen molar-refractivity contribution in [2.45, 2.75) is 12.8 Å². The number of carbonyl (C=O) groups excluding carboxylic acids is 2. The zero-order chi connectivity index (χ0) is 15.7. The monoisotopic (exact) mass is 296 g/mol. The van der Waals surface area contributed by atoms with Crippen LogP contribution in [0.5, 0.6) is 11.5 Å². The van der Waals surface area contributed by atoms with Gasteiger partial charge in [-0.2, -0.15) is 0 Å². The van der Waals surface area contributed by atoms with Crippen molar-refractivity contribution < 1.29 is 29.0 Å². The average molecular weight is 296 g/mol. The van der Waals surface area contributed by atoms with Gasteiger partial charge in [-0.25, -0.2) is 0 Å². The van der Waals surface area contributed by atoms with Crippen LogP contribution in [0.15, 0.2) is 24.3 Å². The lowest BCUT2D eigenvalue weighted by molar-refractivity contribution is -0.139. The molecule has 0 spiro atoms. The predicted molar refractivity (Wildman–Crippen MR) is 71.6 cm³/mol. The molecule has 0 saturated carbocycles. The highest BCUT2D eigenvalue weighted by Gasteiger charge is 2.09. The smallest absolute Gasteiger partial charge is 0.303 e. The van der Waals surface area contributed by atoms with Crippen LogP contribution in [0.1, 0.15) is 12.8 Å². The summed E-state index contributed by atoms with van der Waals surface area (Å²) in [6.45, 7) is -0.320. The molecule has 0 aliphatic rings. The second kappa shape index (κ2) is 8.41. The lowest BCUT2D eigenvalue weighted by Crippen LogP contribution is -2.43. The highest BCUT2D eigenvalue weighted by Crippen LogP contribution is 2.25. The van der Waals surface area contributed by atoms with Crippen molar-refractivity contribution in [3.8, 4) is 11.5 Å². The Labute approximate surface area is 121 Å². The molecular formula is C13H16N2O6. The molecule has 0 fully saturated rings. The second-order valence-corrected chi connectivity index (χ2v) is 3.93. The summed E-state index contributed by atoms with van der Waals surface area (Å²) in [5, 5.41) is 8.40. The van der Waals surface area contributed by atoms with E-state index in [9.17, 15) is 14.4 Å². The number of hydrogen-bond acceptors (Lipinski definition) is 5. The minimum Gasteiger partial charge on any atom is -0.493 e. The number of methoxy groups -OCH3 is 1. The van der Waals surface area contributed by atoms with Gasteiger partial charge >= 0.3 is 5.97 Å². The number of para-hydroxylation sites is 2. The van der Waals surface area contributed by atoms with E-state index in [1.54, 1.807) is 24.3 Å². The number of nitrogens with one attached hydrogen (secondary N) is 2. The van der Waals surface area contributed by atoms with Crippen LogP contribution in [0.3, 0.4) is 0 Å². The molecule has 0 aliphatic carbocycles. The van der Waals surface area contributed by atoms with E-state index in [0.29, 0.717) is 11.5 Å². The van der Waals surface area contributed by atoms with Crippen LogP contribution in [0, 0.1) is 0 Å². The summed E-state index contributed by atoms with van der Waals surface area (Å²) in [5.41, 5.74) is 4.21. The number of ether oxygens (including phenoxy) is 2. The normalized spacial score (nSPS) is 9.57. The first kappa shape index (κ1) is 16.3. The zero-order valence-electron chi connectivity index (χ0n) is 11.4. The number of amides is 2. The van der Waals surface area contributed by atoms with Crippen molar-refractivity contribution in [1.82, 2.24) is 10.9 Å². The van der Waals surface area contributed by atoms with Crippen LogP contribution in [0.4, 0.5) is 0 Å². The van der Waals surface area contributed by atoms with E-state index in [4.69, 9.17) is 14.6 Å². The lowest BCUT2D eigenvalue weighted by Gasteiger charge is -2.10. The summed E-state index contributed by atoms with van der Waals surface area (Å²) in [4.78, 5) is 32.9. The number of carboxylic acid groups (broad SMARTS) is 1. The third-order valence-electron chi connectivity index (χ3n) is 2.34. The molecule has 2 amide bonds. The molecule has 1 aromatic carbocycles. The summed E-state index contributed by atoms with van der Waals surface area (Å²) in [6.07, 6.45) is -0.525. The van der Waals surface area contributed by atoms with Gasteiger partial charge in [-0.1, -0.05) is 12.1 Å². The summed E-state index contributed by atoms with van der Waals surface area (Å²) in [5.74, 6) is -1.38. The fourth-order valence-electron chi connectivity index (χ4n) is 1.34. The van der Waals surface area contributed by atoms with Gasteiger partial charge in [0.25, 0.3) is 5.91 Å². The predicted octanol–water partition coefficient (Wildman–Crippen LogP) is 0.0862. The van der Waals surface area contributed by atoms with Gasteiger partial charge in [-0.3, -0.25) is 25.2 Å². The maximum atomic E-state index is 11.5. The number of hydrogen-bond donors (Lipinski definition) is 3. The number of aliphatic carboxylic acids is 1. The SMILES string of the molecule is COc1ccccc1OCC(=O)NNC(=O)CCC(=O)O. The maximum Gasteiger partial charge on any atom is 0.303 e. The van der Waals surface area contributed by atoms with Crippen LogP contribution in [0.2, 0.25) is 0 Å². The number of carbonyl (C=O) groups is 3. The topological polar surface area (TPSA) is 114 Å². The van der Waals surface area contributed by atoms with Gasteiger partial charge < -0.3 is 14.6 Å². The van der Waals surface area contributed by atoms with Crippen LogP contribution < -0.4 is 20.3 Å². The summed E-state index contributed by atoms with van der Waals surface area (Å²) in [7, 11) is 1.48. The van der Waals surface area contributed by atoms with E-state index in [1.807, 2.05) is 0 Å². The molecule has 0 aliphatic heterocycles. The summed E-state index contributed by atoms with van der Waals surface area (Å²) >= 11 is 0. The molecule has 0 bridgehead atoms. The standard InChI is InChI=1S/C13H16N2O6/c1-20-9-4-2-3-5-10(9)21-8-12(17)15-14-11(16)6-7-13(18)19/h2-5H,6-8H2,1H3,(H,14,16)(H,15,17)(H,18,19). The number of benzene rings is 1. The van der Waals surface area contributed by atoms with E-state index in [2.05, 4.69) is 10.9 Å². The van der Waals surface area contributed by atoms with Gasteiger partial charge in [0.2, 0.25) is 5.91 Å². The summed E-state index contributed by atoms with van der Waals surface area (Å²) in [6, 6.07) is 6.80. The average Bonchev–Trinajstić information content (AvgIpc) is 2.49. The Hall–Kier alpha value is -2.77. The van der Waals surface area contributed by atoms with Crippen LogP contribution in [-0.2, 0) is 14.4 Å². The first-order chi connectivity index (χ1) is 10.0. The molecule has 1 aromatic rings. The molecule has 8 nitrogen and oxygen atoms in total. The van der Waals surface area contributed by atoms with Gasteiger partial charge in [-0.15, -0.1) is 0 Å². The number of hydrazine groups is 1. The van der Waals surface area contributed by atoms with Gasteiger partial charge in [0.05, 0.1) is 13.5 Å². The molecule has 0 aromatic heterocycles. The zero-order valence-corrected chi connectivity index (χ0v) is 11.4. The van der Waals surface area contributed by atoms with Crippen molar-refractivity contribution >= 4 is 17.8 Å². The third kappa shape index (κ3) is 6.28. The van der Waals surface area contributed by atoms with Crippen LogP contribution in [-0.4, -0.2) is 36.6 Å². The fourth-order valence-corrected chi connectivity index (χ4v) is 1.34. The molecule has 0 radical (unpaired) electrons. The van der Waals surface area contributed by atoms with E-state index in [0.717, 1.165) is 0 Å². The van der Waals surface area contributed by atoms with Crippen molar-refractivity contribution in [1.29, 1.82) is 0 Å². The molecule has 0 unspecified atom stereocenters. The van der Waals surface area contributed by atoms with Gasteiger partial charge in [0, 0.05) is 6.42 Å². The minimum atomic E-state index is -1.09. The van der Waals surface area contributed by atoms with E-state index in [-0.39, 0.29) is 19.4 Å². The molecule has 114 valence electrons. The first-order valence-electron chi connectivity index (χ1n) is 6.08. The van der Waals surface area contributed by atoms with Crippen LogP contribution in [0.25, 0.3) is 0 Å². The third-order valence-corrected chi connectivity index (χ3v) is 2.34. The Balaban J connectivity index is 2.31. The van der Waals surface area contributed by atoms with E-state index >= 15 is 0 Å². The Kier molecular flexibility index (Phi) is 6.52. The van der Waals surface area contributed by atoms with Gasteiger partial charge in [-0.05, 0) is 12.1 Å². The number of carboxylic acids is 1. The molecule has 8 heteroatoms. The Morgan fingerprint density at radius 3 is 2.29 bits per heavy atom. The summed E-state index contributed by atoms with van der Waals surface area (Å²) < 4.78 is 10.3. The molecular weight excluding hydrogens is 280 g/mol. The Bertz CT molecular complexity index is 517. The largest absolute Gasteiger partial charge is 0.493 e. The van der Waals surface area contributed by atoms with Gasteiger partial charge in [0.1, 0.15) is 0 Å². The van der Waals surface area contributed by atoms with Crippen molar-refractivity contribution in [2.75, 3.05) is 13.7 Å². The number of rotatable bonds is 7. The second-order valence-electron chi connectivity index (χ2n) is 3.93. The van der Waals surface area contributed by atoms with E-state index < -0.39 is 17.8 Å². The van der Waals surface area contributed by atoms with E-state index in [1.165, 1.54) is 7.11 Å². The maximum absolute atomic E-state index is 11.5. The fraction of sp³-hybridized carbons (Fsp3) is 0.308. The molecule has 1 rings (SSSR count). The van der Waals surface area contributed by atoms with Crippen molar-refractivity contribution in [2.24, 2.45) is 0 Å². The van der Waals surface area contributed by atoms with Crippen molar-refractivity contribution in [3.63, 3.8) is 0 Å². The Morgan fingerprint density at radius 2 is 1.67 bits per heavy atom. The molecule has 21 heavy (non-hydrogen) atoms. The molecule has 0 heterocycles. The highest BCUT2D eigenvalue weighted by molar-refractivity contribution is 5.84. The Morgan fingerprint density at radius 1 is 1.05 bits per heavy atom. The minimum absolute atomic E-state index is 0.219. The lowest BCUT2D eigenvalue weighted by atomic mass is 10.3. The quantitative estimate of drug-likeness (QED) is 0.614. The van der Waals surface area contributed by atoms with Crippen molar-refractivity contribution in [3.05, 3.63) is 24.3 Å².